The molecule has 2 amide bonds. The van der Waals surface area contributed by atoms with E-state index >= 15 is 0 Å². The molecule has 150 valence electrons. The number of carbonyl (C=O) groups is 2. The first kappa shape index (κ1) is 24.4. The second-order valence-corrected chi connectivity index (χ2v) is 9.03. The van der Waals surface area contributed by atoms with Gasteiger partial charge in [0.05, 0.1) is 11.2 Å². The molecule has 0 rings (SSSR count). The third-order valence-corrected chi connectivity index (χ3v) is 4.92. The maximum absolute atomic E-state index is 11.4. The molecule has 0 saturated carbocycles. The van der Waals surface area contributed by atoms with Gasteiger partial charge in [-0.05, 0) is 80.1 Å². The first-order chi connectivity index (χ1) is 11.7. The lowest BCUT2D eigenvalue weighted by Crippen LogP contribution is -2.52. The summed E-state index contributed by atoms with van der Waals surface area (Å²) < 4.78 is 6.48. The summed E-state index contributed by atoms with van der Waals surface area (Å²) in [5.74, 6) is 0. The van der Waals surface area contributed by atoms with Crippen LogP contribution in [0.2, 0.25) is 0 Å². The molecule has 26 heavy (non-hydrogen) atoms. The van der Waals surface area contributed by atoms with Gasteiger partial charge in [0.1, 0.15) is 0 Å². The number of carbonyl (C=O) groups excluding carboxylic acids is 2. The molecule has 1 unspecified atom stereocenters. The molecule has 1 atom stereocenters. The molecule has 0 spiro atoms. The van der Waals surface area contributed by atoms with Crippen LogP contribution in [0, 0.1) is 0 Å². The van der Waals surface area contributed by atoms with Gasteiger partial charge in [-0.3, -0.25) is 9.59 Å². The first-order valence-corrected chi connectivity index (χ1v) is 9.15. The normalized spacial score (nSPS) is 14.9. The van der Waals surface area contributed by atoms with Crippen molar-refractivity contribution in [1.82, 2.24) is 9.80 Å². The van der Waals surface area contributed by atoms with Crippen molar-refractivity contribution in [3.8, 4) is 0 Å². The van der Waals surface area contributed by atoms with Gasteiger partial charge < -0.3 is 14.5 Å². The van der Waals surface area contributed by atoms with Crippen molar-refractivity contribution in [1.29, 1.82) is 0 Å². The van der Waals surface area contributed by atoms with Gasteiger partial charge >= 0.3 is 0 Å². The van der Waals surface area contributed by atoms with Crippen molar-refractivity contribution in [2.45, 2.75) is 96.9 Å². The Labute approximate surface area is 160 Å². The summed E-state index contributed by atoms with van der Waals surface area (Å²) in [6.45, 7) is 23.6. The zero-order chi connectivity index (χ0) is 20.8. The average molecular weight is 367 g/mol. The molecule has 0 aliphatic heterocycles. The molecule has 0 aliphatic rings. The maximum Gasteiger partial charge on any atom is 0.214 e. The number of amides is 2. The van der Waals surface area contributed by atoms with E-state index in [-0.39, 0.29) is 5.54 Å². The molecule has 0 bridgehead atoms. The third-order valence-electron chi connectivity index (χ3n) is 4.92. The fourth-order valence-corrected chi connectivity index (χ4v) is 4.09. The van der Waals surface area contributed by atoms with Crippen LogP contribution in [0.25, 0.3) is 0 Å². The monoisotopic (exact) mass is 366 g/mol. The quantitative estimate of drug-likeness (QED) is 0.451. The van der Waals surface area contributed by atoms with Crippen molar-refractivity contribution in [2.24, 2.45) is 0 Å². The van der Waals surface area contributed by atoms with Crippen LogP contribution in [0.1, 0.15) is 74.7 Å². The molecule has 0 aromatic carbocycles. The molecule has 0 radical (unpaired) electrons. The van der Waals surface area contributed by atoms with E-state index in [1.807, 2.05) is 48.5 Å². The molecule has 0 fully saturated rings. The SMILES string of the molecule is C=CN(C=O)C(C)(C)CC(C)(C)OC(C)(C)CC(C)(CC)N(C=C)C=O. The van der Waals surface area contributed by atoms with E-state index in [1.54, 1.807) is 16.0 Å². The minimum Gasteiger partial charge on any atom is -0.370 e. The smallest absolute Gasteiger partial charge is 0.214 e. The highest BCUT2D eigenvalue weighted by molar-refractivity contribution is 5.51. The summed E-state index contributed by atoms with van der Waals surface area (Å²) in [6.07, 6.45) is 6.77. The molecular weight excluding hydrogens is 328 g/mol. The number of ether oxygens (including phenoxy) is 1. The summed E-state index contributed by atoms with van der Waals surface area (Å²) in [5, 5.41) is 0. The summed E-state index contributed by atoms with van der Waals surface area (Å²) in [4.78, 5) is 25.9. The number of rotatable bonds is 13. The molecular formula is C21H38N2O3. The number of hydrogen-bond acceptors (Lipinski definition) is 3. The van der Waals surface area contributed by atoms with E-state index < -0.39 is 16.7 Å². The van der Waals surface area contributed by atoms with E-state index in [2.05, 4.69) is 20.1 Å². The van der Waals surface area contributed by atoms with E-state index in [0.29, 0.717) is 12.8 Å². The van der Waals surface area contributed by atoms with Gasteiger partial charge in [-0.15, -0.1) is 0 Å². The Balaban J connectivity index is 5.38. The predicted octanol–water partition coefficient (Wildman–Crippen LogP) is 4.49. The van der Waals surface area contributed by atoms with Crippen LogP contribution >= 0.6 is 0 Å². The van der Waals surface area contributed by atoms with Gasteiger partial charge in [-0.2, -0.15) is 0 Å². The average Bonchev–Trinajstić information content (AvgIpc) is 2.45. The number of hydrogen-bond donors (Lipinski definition) is 0. The highest BCUT2D eigenvalue weighted by Crippen LogP contribution is 2.37. The zero-order valence-corrected chi connectivity index (χ0v) is 18.0. The minimum absolute atomic E-state index is 0.380. The van der Waals surface area contributed by atoms with Gasteiger partial charge in [-0.1, -0.05) is 20.1 Å². The maximum atomic E-state index is 11.4. The van der Waals surface area contributed by atoms with Crippen LogP contribution in [0.4, 0.5) is 0 Å². The van der Waals surface area contributed by atoms with Gasteiger partial charge in [-0.25, -0.2) is 0 Å². The largest absolute Gasteiger partial charge is 0.370 e. The van der Waals surface area contributed by atoms with Crippen molar-refractivity contribution in [3.63, 3.8) is 0 Å². The predicted molar refractivity (Wildman–Crippen MR) is 107 cm³/mol. The zero-order valence-electron chi connectivity index (χ0n) is 18.0. The second-order valence-electron chi connectivity index (χ2n) is 9.03. The van der Waals surface area contributed by atoms with Crippen LogP contribution in [-0.4, -0.2) is 44.9 Å². The molecule has 5 heteroatoms. The van der Waals surface area contributed by atoms with Crippen LogP contribution < -0.4 is 0 Å². The van der Waals surface area contributed by atoms with Gasteiger partial charge in [0, 0.05) is 11.1 Å². The highest BCUT2D eigenvalue weighted by atomic mass is 16.5. The van der Waals surface area contributed by atoms with Crippen LogP contribution in [0.5, 0.6) is 0 Å². The summed E-state index contributed by atoms with van der Waals surface area (Å²) in [7, 11) is 0. The summed E-state index contributed by atoms with van der Waals surface area (Å²) >= 11 is 0. The third kappa shape index (κ3) is 6.60. The van der Waals surface area contributed by atoms with E-state index in [0.717, 1.165) is 19.2 Å². The van der Waals surface area contributed by atoms with Crippen LogP contribution in [0.3, 0.4) is 0 Å². The van der Waals surface area contributed by atoms with Crippen molar-refractivity contribution >= 4 is 12.8 Å². The Morgan fingerprint density at radius 1 is 0.808 bits per heavy atom. The highest BCUT2D eigenvalue weighted by Gasteiger charge is 2.41. The molecule has 0 aliphatic carbocycles. The first-order valence-electron chi connectivity index (χ1n) is 9.15. The Hall–Kier alpha value is -1.62. The molecule has 0 aromatic rings. The molecule has 0 saturated heterocycles. The van der Waals surface area contributed by atoms with E-state index in [9.17, 15) is 9.59 Å². The Morgan fingerprint density at radius 2 is 1.23 bits per heavy atom. The van der Waals surface area contributed by atoms with E-state index in [1.165, 1.54) is 6.20 Å². The van der Waals surface area contributed by atoms with Crippen molar-refractivity contribution in [2.75, 3.05) is 0 Å². The standard InChI is InChI=1S/C21H38N2O3/c1-11-21(10,23(13-3)17-25)15-20(8,9)26-19(6,7)14-18(4,5)22(12-2)16-24/h12-13,16-17H,2-3,11,14-15H2,1,4-10H3. The fourth-order valence-electron chi connectivity index (χ4n) is 4.09. The summed E-state index contributed by atoms with van der Waals surface area (Å²) in [5.41, 5.74) is -1.76. The Bertz CT molecular complexity index is 495. The number of nitrogens with zero attached hydrogens (tertiary/aromatic N) is 2. The molecule has 0 heterocycles. The summed E-state index contributed by atoms with van der Waals surface area (Å²) in [6, 6.07) is 0. The van der Waals surface area contributed by atoms with Crippen LogP contribution in [0.15, 0.2) is 25.6 Å². The Kier molecular flexibility index (Phi) is 8.30. The molecule has 0 N–H and O–H groups in total. The lowest BCUT2D eigenvalue weighted by molar-refractivity contribution is -0.156. The molecule has 5 nitrogen and oxygen atoms in total. The minimum atomic E-state index is -0.480. The fraction of sp³-hybridized carbons (Fsp3) is 0.714. The molecule has 0 aromatic heterocycles. The Morgan fingerprint density at radius 3 is 1.58 bits per heavy atom. The van der Waals surface area contributed by atoms with Gasteiger partial charge in [0.25, 0.3) is 0 Å². The van der Waals surface area contributed by atoms with E-state index in [4.69, 9.17) is 4.74 Å². The lowest BCUT2D eigenvalue weighted by Gasteiger charge is -2.47. The van der Waals surface area contributed by atoms with Gasteiger partial charge in [0.2, 0.25) is 12.8 Å². The topological polar surface area (TPSA) is 49.9 Å². The van der Waals surface area contributed by atoms with Crippen molar-refractivity contribution in [3.05, 3.63) is 25.6 Å². The van der Waals surface area contributed by atoms with Crippen molar-refractivity contribution < 1.29 is 14.3 Å². The lowest BCUT2D eigenvalue weighted by atomic mass is 9.82. The van der Waals surface area contributed by atoms with Gasteiger partial charge in [0.15, 0.2) is 0 Å². The second kappa shape index (κ2) is 8.85. The van der Waals surface area contributed by atoms with Crippen LogP contribution in [-0.2, 0) is 14.3 Å².